The van der Waals surface area contributed by atoms with Crippen LogP contribution in [0.2, 0.25) is 0 Å². The van der Waals surface area contributed by atoms with E-state index >= 15 is 0 Å². The predicted molar refractivity (Wildman–Crippen MR) is 68.3 cm³/mol. The number of rotatable bonds is 6. The van der Waals surface area contributed by atoms with E-state index in [9.17, 15) is 9.59 Å². The Bertz CT molecular complexity index is 309. The first-order valence-electron chi connectivity index (χ1n) is 3.93. The van der Waals surface area contributed by atoms with Gasteiger partial charge in [-0.3, -0.25) is 4.79 Å². The molecule has 0 aliphatic carbocycles. The summed E-state index contributed by atoms with van der Waals surface area (Å²) in [5.41, 5.74) is 0. The Balaban J connectivity index is 4.88. The molecule has 2 N–H and O–H groups in total. The third-order valence-corrected chi connectivity index (χ3v) is 5.24. The second kappa shape index (κ2) is 6.73. The smallest absolute Gasteiger partial charge is 0.341 e. The SMILES string of the molecule is O=C(O)C(Cl)C(Cl)C(Cl)C(Cl)C(Cl)(Cl)C(=O)O. The summed E-state index contributed by atoms with van der Waals surface area (Å²) >= 11 is 33.3. The first kappa shape index (κ1) is 17.7. The molecule has 0 aromatic heterocycles. The summed E-state index contributed by atoms with van der Waals surface area (Å²) in [6, 6.07) is 0. The van der Waals surface area contributed by atoms with Crippen molar-refractivity contribution in [3.8, 4) is 0 Å². The highest BCUT2D eigenvalue weighted by Gasteiger charge is 2.49. The fourth-order valence-electron chi connectivity index (χ4n) is 0.777. The monoisotopic (exact) mass is 364 g/mol. The normalized spacial score (nSPS) is 19.2. The molecule has 0 saturated carbocycles. The summed E-state index contributed by atoms with van der Waals surface area (Å²) in [5.74, 6) is -3.05. The molecule has 4 atom stereocenters. The summed E-state index contributed by atoms with van der Waals surface area (Å²) in [6.07, 6.45) is 0. The maximum Gasteiger partial charge on any atom is 0.341 e. The zero-order valence-corrected chi connectivity index (χ0v) is 12.3. The molecule has 0 saturated heterocycles. The van der Waals surface area contributed by atoms with Crippen molar-refractivity contribution in [2.75, 3.05) is 0 Å². The first-order chi connectivity index (χ1) is 7.53. The maximum absolute atomic E-state index is 10.7. The van der Waals surface area contributed by atoms with E-state index in [2.05, 4.69) is 0 Å². The Morgan fingerprint density at radius 2 is 1.35 bits per heavy atom. The molecule has 0 aromatic rings. The van der Waals surface area contributed by atoms with Crippen molar-refractivity contribution < 1.29 is 19.8 Å². The standard InChI is InChI=1S/C7H6Cl6O4/c8-1(3(10)5(14)15)2(9)4(11)7(12,13)6(16)17/h1-4H,(H,14,15)(H,16,17). The third-order valence-electron chi connectivity index (χ3n) is 1.73. The van der Waals surface area contributed by atoms with E-state index in [0.29, 0.717) is 0 Å². The summed E-state index contributed by atoms with van der Waals surface area (Å²) in [7, 11) is 0. The fraction of sp³-hybridized carbons (Fsp3) is 0.714. The Hall–Kier alpha value is 0.680. The lowest BCUT2D eigenvalue weighted by Gasteiger charge is -2.28. The van der Waals surface area contributed by atoms with Gasteiger partial charge in [-0.05, 0) is 0 Å². The number of alkyl halides is 6. The molecular weight excluding hydrogens is 361 g/mol. The van der Waals surface area contributed by atoms with Crippen LogP contribution in [0.25, 0.3) is 0 Å². The van der Waals surface area contributed by atoms with Crippen molar-refractivity contribution in [1.82, 2.24) is 0 Å². The first-order valence-corrected chi connectivity index (χ1v) is 6.44. The second-order valence-corrected chi connectivity index (χ2v) is 6.29. The van der Waals surface area contributed by atoms with Crippen LogP contribution >= 0.6 is 69.6 Å². The molecule has 0 spiro atoms. The molecule has 0 bridgehead atoms. The van der Waals surface area contributed by atoms with Crippen molar-refractivity contribution in [2.24, 2.45) is 0 Å². The van der Waals surface area contributed by atoms with Gasteiger partial charge >= 0.3 is 11.9 Å². The lowest BCUT2D eigenvalue weighted by Crippen LogP contribution is -2.47. The van der Waals surface area contributed by atoms with Crippen molar-refractivity contribution in [2.45, 2.75) is 25.8 Å². The van der Waals surface area contributed by atoms with Crippen LogP contribution in [-0.4, -0.2) is 48.0 Å². The van der Waals surface area contributed by atoms with Crippen LogP contribution in [0.4, 0.5) is 0 Å². The van der Waals surface area contributed by atoms with Gasteiger partial charge in [0.1, 0.15) is 5.38 Å². The maximum atomic E-state index is 10.7. The van der Waals surface area contributed by atoms with Crippen molar-refractivity contribution in [1.29, 1.82) is 0 Å². The Kier molecular flexibility index (Phi) is 7.00. The van der Waals surface area contributed by atoms with E-state index in [0.717, 1.165) is 0 Å². The topological polar surface area (TPSA) is 74.6 Å². The van der Waals surface area contributed by atoms with Gasteiger partial charge in [0.05, 0.1) is 16.1 Å². The molecule has 0 heterocycles. The Morgan fingerprint density at radius 3 is 1.65 bits per heavy atom. The van der Waals surface area contributed by atoms with Gasteiger partial charge in [-0.2, -0.15) is 0 Å². The largest absolute Gasteiger partial charge is 0.480 e. The number of halogens is 6. The highest BCUT2D eigenvalue weighted by Crippen LogP contribution is 2.37. The van der Waals surface area contributed by atoms with Crippen LogP contribution in [-0.2, 0) is 9.59 Å². The van der Waals surface area contributed by atoms with Gasteiger partial charge in [-0.1, -0.05) is 23.2 Å². The number of aliphatic carboxylic acids is 2. The van der Waals surface area contributed by atoms with Gasteiger partial charge in [0.2, 0.25) is 4.33 Å². The van der Waals surface area contributed by atoms with E-state index in [1.807, 2.05) is 0 Å². The van der Waals surface area contributed by atoms with Crippen molar-refractivity contribution in [3.05, 3.63) is 0 Å². The molecule has 4 nitrogen and oxygen atoms in total. The molecule has 100 valence electrons. The molecule has 0 aliphatic rings. The second-order valence-electron chi connectivity index (χ2n) is 2.96. The van der Waals surface area contributed by atoms with Gasteiger partial charge in [0, 0.05) is 0 Å². The minimum Gasteiger partial charge on any atom is -0.480 e. The van der Waals surface area contributed by atoms with Crippen LogP contribution < -0.4 is 0 Å². The number of carbonyl (C=O) groups is 2. The van der Waals surface area contributed by atoms with Crippen LogP contribution in [0.1, 0.15) is 0 Å². The lowest BCUT2D eigenvalue weighted by molar-refractivity contribution is -0.138. The molecule has 0 aromatic carbocycles. The van der Waals surface area contributed by atoms with E-state index in [4.69, 9.17) is 79.8 Å². The van der Waals surface area contributed by atoms with E-state index < -0.39 is 37.8 Å². The van der Waals surface area contributed by atoms with E-state index in [1.165, 1.54) is 0 Å². The predicted octanol–water partition coefficient (Wildman–Crippen LogP) is 2.76. The minimum absolute atomic E-state index is 1.35. The zero-order valence-electron chi connectivity index (χ0n) is 7.79. The molecular formula is C7H6Cl6O4. The average Bonchev–Trinajstić information content (AvgIpc) is 2.24. The number of carboxylic acids is 2. The van der Waals surface area contributed by atoms with Crippen LogP contribution in [0.3, 0.4) is 0 Å². The van der Waals surface area contributed by atoms with Gasteiger partial charge in [-0.15, -0.1) is 46.4 Å². The van der Waals surface area contributed by atoms with Crippen molar-refractivity contribution in [3.63, 3.8) is 0 Å². The number of hydrogen-bond acceptors (Lipinski definition) is 2. The Labute approximate surface area is 127 Å². The van der Waals surface area contributed by atoms with E-state index in [1.54, 1.807) is 0 Å². The van der Waals surface area contributed by atoms with Crippen LogP contribution in [0.5, 0.6) is 0 Å². The summed E-state index contributed by atoms with van der Waals surface area (Å²) in [6.45, 7) is 0. The molecule has 4 unspecified atom stereocenters. The minimum atomic E-state index is -2.41. The molecule has 10 heteroatoms. The average molecular weight is 367 g/mol. The van der Waals surface area contributed by atoms with Gasteiger partial charge in [0.15, 0.2) is 0 Å². The molecule has 17 heavy (non-hydrogen) atoms. The quantitative estimate of drug-likeness (QED) is 0.709. The van der Waals surface area contributed by atoms with Crippen LogP contribution in [0, 0.1) is 0 Å². The third kappa shape index (κ3) is 4.37. The molecule has 0 fully saturated rings. The summed E-state index contributed by atoms with van der Waals surface area (Å²) in [5, 5.41) is 11.5. The summed E-state index contributed by atoms with van der Waals surface area (Å²) < 4.78 is -2.41. The molecule has 0 amide bonds. The molecule has 0 aliphatic heterocycles. The van der Waals surface area contributed by atoms with Crippen molar-refractivity contribution >= 4 is 81.5 Å². The van der Waals surface area contributed by atoms with Gasteiger partial charge in [-0.25, -0.2) is 4.79 Å². The molecule has 0 radical (unpaired) electrons. The van der Waals surface area contributed by atoms with Gasteiger partial charge in [0.25, 0.3) is 0 Å². The lowest BCUT2D eigenvalue weighted by atomic mass is 10.1. The highest BCUT2D eigenvalue weighted by atomic mass is 35.5. The fourth-order valence-corrected chi connectivity index (χ4v) is 2.32. The van der Waals surface area contributed by atoms with Gasteiger partial charge < -0.3 is 10.2 Å². The summed E-state index contributed by atoms with van der Waals surface area (Å²) in [4.78, 5) is 21.2. The highest BCUT2D eigenvalue weighted by molar-refractivity contribution is 6.61. The zero-order chi connectivity index (χ0) is 14.0. The number of carboxylic acid groups (broad SMARTS) is 2. The van der Waals surface area contributed by atoms with Crippen LogP contribution in [0.15, 0.2) is 0 Å². The van der Waals surface area contributed by atoms with E-state index in [-0.39, 0.29) is 0 Å². The Morgan fingerprint density at radius 1 is 0.941 bits per heavy atom. The number of hydrogen-bond donors (Lipinski definition) is 2. The molecule has 0 rings (SSSR count).